The lowest BCUT2D eigenvalue weighted by Crippen LogP contribution is -2.33. The first-order valence-corrected chi connectivity index (χ1v) is 7.54. The van der Waals surface area contributed by atoms with Crippen LogP contribution in [0.1, 0.15) is 42.1 Å². The van der Waals surface area contributed by atoms with Crippen molar-refractivity contribution in [3.8, 4) is 0 Å². The normalized spacial score (nSPS) is 19.9. The molecule has 0 radical (unpaired) electrons. The molecule has 2 nitrogen and oxygen atoms in total. The monoisotopic (exact) mass is 266 g/mol. The molecule has 0 saturated carbocycles. The third-order valence-electron chi connectivity index (χ3n) is 4.25. The maximum atomic E-state index is 4.47. The fourth-order valence-corrected chi connectivity index (χ4v) is 3.20. The zero-order valence-electron chi connectivity index (χ0n) is 12.1. The lowest BCUT2D eigenvalue weighted by molar-refractivity contribution is 0.139. The second-order valence-corrected chi connectivity index (χ2v) is 5.65. The fourth-order valence-electron chi connectivity index (χ4n) is 3.20. The van der Waals surface area contributed by atoms with Crippen molar-refractivity contribution in [1.29, 1.82) is 0 Å². The van der Waals surface area contributed by atoms with Crippen molar-refractivity contribution in [2.75, 3.05) is 6.54 Å². The molecule has 1 saturated heterocycles. The van der Waals surface area contributed by atoms with Gasteiger partial charge in [-0.2, -0.15) is 0 Å². The van der Waals surface area contributed by atoms with E-state index in [0.717, 1.165) is 6.54 Å². The molecule has 0 amide bonds. The Morgan fingerprint density at radius 3 is 2.75 bits per heavy atom. The van der Waals surface area contributed by atoms with E-state index in [2.05, 4.69) is 59.3 Å². The van der Waals surface area contributed by atoms with Gasteiger partial charge in [0, 0.05) is 24.5 Å². The molecule has 2 heteroatoms. The molecule has 3 rings (SSSR count). The fraction of sp³-hybridized carbons (Fsp3) is 0.389. The highest BCUT2D eigenvalue weighted by Crippen LogP contribution is 2.33. The number of hydrogen-bond acceptors (Lipinski definition) is 2. The third kappa shape index (κ3) is 2.91. The molecule has 1 aromatic carbocycles. The summed E-state index contributed by atoms with van der Waals surface area (Å²) in [5.74, 6) is 0. The van der Waals surface area contributed by atoms with Gasteiger partial charge in [-0.25, -0.2) is 0 Å². The number of pyridine rings is 1. The molecule has 104 valence electrons. The van der Waals surface area contributed by atoms with Crippen molar-refractivity contribution in [1.82, 2.24) is 9.88 Å². The third-order valence-corrected chi connectivity index (χ3v) is 4.25. The van der Waals surface area contributed by atoms with Gasteiger partial charge in [0.1, 0.15) is 0 Å². The van der Waals surface area contributed by atoms with Gasteiger partial charge in [0.2, 0.25) is 0 Å². The van der Waals surface area contributed by atoms with E-state index in [9.17, 15) is 0 Å². The van der Waals surface area contributed by atoms with Crippen LogP contribution in [-0.2, 0) is 6.54 Å². The number of piperidine rings is 1. The van der Waals surface area contributed by atoms with Gasteiger partial charge in [-0.05, 0) is 43.5 Å². The molecule has 1 atom stereocenters. The van der Waals surface area contributed by atoms with Crippen LogP contribution < -0.4 is 0 Å². The standard InChI is InChI=1S/C18H22N2/c1-15-17(10-7-12-19-15)18-11-5-6-13-20(18)14-16-8-3-2-4-9-16/h2-4,7-10,12,18H,5-6,11,13-14H2,1H3/t18-/m0/s1. The highest BCUT2D eigenvalue weighted by Gasteiger charge is 2.25. The Balaban J connectivity index is 1.83. The van der Waals surface area contributed by atoms with E-state index >= 15 is 0 Å². The maximum absolute atomic E-state index is 4.47. The second-order valence-electron chi connectivity index (χ2n) is 5.65. The summed E-state index contributed by atoms with van der Waals surface area (Å²) in [6, 6.07) is 15.6. The summed E-state index contributed by atoms with van der Waals surface area (Å²) in [5, 5.41) is 0. The van der Waals surface area contributed by atoms with E-state index in [1.54, 1.807) is 0 Å². The maximum Gasteiger partial charge on any atom is 0.0420 e. The van der Waals surface area contributed by atoms with Crippen LogP contribution >= 0.6 is 0 Å². The van der Waals surface area contributed by atoms with E-state index in [-0.39, 0.29) is 0 Å². The van der Waals surface area contributed by atoms with Crippen LogP contribution in [-0.4, -0.2) is 16.4 Å². The molecule has 1 aliphatic heterocycles. The number of likely N-dealkylation sites (tertiary alicyclic amines) is 1. The summed E-state index contributed by atoms with van der Waals surface area (Å²) < 4.78 is 0. The van der Waals surface area contributed by atoms with Crippen LogP contribution in [0.15, 0.2) is 48.7 Å². The minimum atomic E-state index is 0.526. The summed E-state index contributed by atoms with van der Waals surface area (Å²) in [7, 11) is 0. The van der Waals surface area contributed by atoms with E-state index in [1.807, 2.05) is 6.20 Å². The number of aryl methyl sites for hydroxylation is 1. The Morgan fingerprint density at radius 1 is 1.10 bits per heavy atom. The molecule has 20 heavy (non-hydrogen) atoms. The molecular weight excluding hydrogens is 244 g/mol. The van der Waals surface area contributed by atoms with E-state index in [0.29, 0.717) is 6.04 Å². The minimum Gasteiger partial charge on any atom is -0.292 e. The van der Waals surface area contributed by atoms with Gasteiger partial charge in [-0.1, -0.05) is 42.8 Å². The van der Waals surface area contributed by atoms with Crippen molar-refractivity contribution in [3.63, 3.8) is 0 Å². The average molecular weight is 266 g/mol. The molecule has 1 aliphatic rings. The summed E-state index contributed by atoms with van der Waals surface area (Å²) in [5.41, 5.74) is 3.99. The molecule has 1 aromatic heterocycles. The van der Waals surface area contributed by atoms with Crippen LogP contribution in [0, 0.1) is 6.92 Å². The predicted octanol–water partition coefficient (Wildman–Crippen LogP) is 4.12. The Bertz CT molecular complexity index is 550. The predicted molar refractivity (Wildman–Crippen MR) is 82.4 cm³/mol. The number of benzene rings is 1. The molecule has 0 bridgehead atoms. The SMILES string of the molecule is Cc1ncccc1[C@@H]1CCCCN1Cc1ccccc1. The van der Waals surface area contributed by atoms with Gasteiger partial charge in [0.05, 0.1) is 0 Å². The van der Waals surface area contributed by atoms with Crippen LogP contribution in [0.5, 0.6) is 0 Å². The lowest BCUT2D eigenvalue weighted by atomic mass is 9.94. The van der Waals surface area contributed by atoms with Crippen LogP contribution in [0.2, 0.25) is 0 Å². The second kappa shape index (κ2) is 6.19. The topological polar surface area (TPSA) is 16.1 Å². The minimum absolute atomic E-state index is 0.526. The van der Waals surface area contributed by atoms with E-state index < -0.39 is 0 Å². The van der Waals surface area contributed by atoms with Gasteiger partial charge >= 0.3 is 0 Å². The van der Waals surface area contributed by atoms with Crippen molar-refractivity contribution in [2.45, 2.75) is 38.8 Å². The smallest absolute Gasteiger partial charge is 0.0420 e. The first kappa shape index (κ1) is 13.3. The van der Waals surface area contributed by atoms with Gasteiger partial charge < -0.3 is 0 Å². The Hall–Kier alpha value is -1.67. The molecule has 0 spiro atoms. The highest BCUT2D eigenvalue weighted by atomic mass is 15.2. The molecule has 1 fully saturated rings. The average Bonchev–Trinajstić information content (AvgIpc) is 2.50. The van der Waals surface area contributed by atoms with Gasteiger partial charge in [-0.15, -0.1) is 0 Å². The van der Waals surface area contributed by atoms with Crippen molar-refractivity contribution in [3.05, 3.63) is 65.5 Å². The number of nitrogens with zero attached hydrogens (tertiary/aromatic N) is 2. The van der Waals surface area contributed by atoms with Crippen LogP contribution in [0.4, 0.5) is 0 Å². The van der Waals surface area contributed by atoms with E-state index in [4.69, 9.17) is 0 Å². The largest absolute Gasteiger partial charge is 0.292 e. The molecule has 2 heterocycles. The summed E-state index contributed by atoms with van der Waals surface area (Å²) >= 11 is 0. The Kier molecular flexibility index (Phi) is 4.12. The lowest BCUT2D eigenvalue weighted by Gasteiger charge is -2.36. The zero-order valence-corrected chi connectivity index (χ0v) is 12.1. The zero-order chi connectivity index (χ0) is 13.8. The van der Waals surface area contributed by atoms with Crippen molar-refractivity contribution >= 4 is 0 Å². The number of rotatable bonds is 3. The summed E-state index contributed by atoms with van der Waals surface area (Å²) in [6.45, 7) is 4.36. The van der Waals surface area contributed by atoms with Gasteiger partial charge in [0.25, 0.3) is 0 Å². The van der Waals surface area contributed by atoms with Gasteiger partial charge in [-0.3, -0.25) is 9.88 Å². The van der Waals surface area contributed by atoms with Crippen LogP contribution in [0.25, 0.3) is 0 Å². The van der Waals surface area contributed by atoms with Crippen molar-refractivity contribution < 1.29 is 0 Å². The van der Waals surface area contributed by atoms with Crippen LogP contribution in [0.3, 0.4) is 0 Å². The molecule has 0 unspecified atom stereocenters. The Labute approximate surface area is 121 Å². The quantitative estimate of drug-likeness (QED) is 0.831. The van der Waals surface area contributed by atoms with E-state index in [1.165, 1.54) is 42.6 Å². The Morgan fingerprint density at radius 2 is 1.95 bits per heavy atom. The van der Waals surface area contributed by atoms with Gasteiger partial charge in [0.15, 0.2) is 0 Å². The molecular formula is C18H22N2. The number of aromatic nitrogens is 1. The first-order valence-electron chi connectivity index (χ1n) is 7.54. The molecule has 0 N–H and O–H groups in total. The first-order chi connectivity index (χ1) is 9.84. The molecule has 2 aromatic rings. The number of hydrogen-bond donors (Lipinski definition) is 0. The summed E-state index contributed by atoms with van der Waals surface area (Å²) in [4.78, 5) is 7.08. The molecule has 0 aliphatic carbocycles. The van der Waals surface area contributed by atoms with Crippen molar-refractivity contribution in [2.24, 2.45) is 0 Å². The summed E-state index contributed by atoms with van der Waals surface area (Å²) in [6.07, 6.45) is 5.77. The highest BCUT2D eigenvalue weighted by molar-refractivity contribution is 5.24.